The molecule has 0 spiro atoms. The van der Waals surface area contributed by atoms with Crippen molar-refractivity contribution in [3.63, 3.8) is 0 Å². The van der Waals surface area contributed by atoms with Crippen molar-refractivity contribution in [1.29, 1.82) is 0 Å². The first-order valence-corrected chi connectivity index (χ1v) is 8.19. The number of aryl methyl sites for hydroxylation is 1. The highest BCUT2D eigenvalue weighted by molar-refractivity contribution is 6.32. The van der Waals surface area contributed by atoms with Gasteiger partial charge in [-0.25, -0.2) is 0 Å². The fourth-order valence-corrected chi connectivity index (χ4v) is 3.05. The molecular weight excluding hydrogens is 330 g/mol. The number of fused-ring (bicyclic) bond motifs is 1. The molecular formula is C17H20ClN3O3. The zero-order chi connectivity index (χ0) is 17.3. The summed E-state index contributed by atoms with van der Waals surface area (Å²) >= 11 is 6.21. The predicted molar refractivity (Wildman–Crippen MR) is 90.6 cm³/mol. The normalized spacial score (nSPS) is 14.3. The number of ether oxygens (including phenoxy) is 2. The molecule has 0 saturated heterocycles. The van der Waals surface area contributed by atoms with Crippen LogP contribution in [0.3, 0.4) is 0 Å². The summed E-state index contributed by atoms with van der Waals surface area (Å²) in [4.78, 5) is 12.3. The van der Waals surface area contributed by atoms with Gasteiger partial charge < -0.3 is 14.8 Å². The molecule has 0 aliphatic carbocycles. The Morgan fingerprint density at radius 2 is 2.17 bits per heavy atom. The van der Waals surface area contributed by atoms with Gasteiger partial charge in [0.25, 0.3) is 0 Å². The predicted octanol–water partition coefficient (Wildman–Crippen LogP) is 2.57. The van der Waals surface area contributed by atoms with Crippen molar-refractivity contribution in [3.8, 4) is 11.5 Å². The second-order valence-corrected chi connectivity index (χ2v) is 6.28. The van der Waals surface area contributed by atoms with E-state index in [4.69, 9.17) is 21.1 Å². The van der Waals surface area contributed by atoms with Gasteiger partial charge in [0.05, 0.1) is 23.7 Å². The number of halogens is 1. The molecule has 0 fully saturated rings. The van der Waals surface area contributed by atoms with E-state index in [1.54, 1.807) is 23.0 Å². The molecule has 1 unspecified atom stereocenters. The molecule has 1 aromatic carbocycles. The molecule has 2 aromatic rings. The molecule has 1 atom stereocenters. The van der Waals surface area contributed by atoms with Crippen molar-refractivity contribution in [2.75, 3.05) is 13.2 Å². The number of aromatic nitrogens is 2. The molecule has 6 nitrogen and oxygen atoms in total. The maximum absolute atomic E-state index is 12.3. The minimum Gasteiger partial charge on any atom is -0.486 e. The molecule has 128 valence electrons. The summed E-state index contributed by atoms with van der Waals surface area (Å²) in [7, 11) is 1.88. The lowest BCUT2D eigenvalue weighted by atomic mass is 10.1. The zero-order valence-electron chi connectivity index (χ0n) is 13.9. The number of hydrogen-bond donors (Lipinski definition) is 1. The Kier molecular flexibility index (Phi) is 4.66. The SMILES string of the molecule is Cc1c(C(C)NC(=O)Cc2cc(Cl)c3c(c2)OCCO3)cnn1C. The number of nitrogens with one attached hydrogen (secondary N) is 1. The van der Waals surface area contributed by atoms with Crippen LogP contribution in [0.4, 0.5) is 0 Å². The first-order chi connectivity index (χ1) is 11.5. The highest BCUT2D eigenvalue weighted by Crippen LogP contribution is 2.38. The van der Waals surface area contributed by atoms with Gasteiger partial charge in [0.2, 0.25) is 5.91 Å². The minimum atomic E-state index is -0.112. The molecule has 1 aromatic heterocycles. The van der Waals surface area contributed by atoms with Gasteiger partial charge in [-0.1, -0.05) is 11.6 Å². The van der Waals surface area contributed by atoms with Gasteiger partial charge in [0.15, 0.2) is 11.5 Å². The van der Waals surface area contributed by atoms with Gasteiger partial charge in [-0.2, -0.15) is 5.10 Å². The average Bonchev–Trinajstić information content (AvgIpc) is 2.87. The number of amides is 1. The Hall–Kier alpha value is -2.21. The van der Waals surface area contributed by atoms with E-state index in [1.807, 2.05) is 20.9 Å². The van der Waals surface area contributed by atoms with E-state index in [1.165, 1.54) is 0 Å². The number of benzene rings is 1. The van der Waals surface area contributed by atoms with E-state index >= 15 is 0 Å². The molecule has 1 N–H and O–H groups in total. The molecule has 24 heavy (non-hydrogen) atoms. The van der Waals surface area contributed by atoms with Crippen molar-refractivity contribution in [2.45, 2.75) is 26.3 Å². The van der Waals surface area contributed by atoms with Gasteiger partial charge in [0.1, 0.15) is 13.2 Å². The molecule has 1 aliphatic heterocycles. The Morgan fingerprint density at radius 3 is 2.88 bits per heavy atom. The Morgan fingerprint density at radius 1 is 1.42 bits per heavy atom. The first kappa shape index (κ1) is 16.6. The number of rotatable bonds is 4. The first-order valence-electron chi connectivity index (χ1n) is 7.81. The maximum Gasteiger partial charge on any atom is 0.224 e. The van der Waals surface area contributed by atoms with Gasteiger partial charge >= 0.3 is 0 Å². The monoisotopic (exact) mass is 349 g/mol. The number of carbonyl (C=O) groups excluding carboxylic acids is 1. The Labute approximate surface area is 145 Å². The Bertz CT molecular complexity index is 773. The zero-order valence-corrected chi connectivity index (χ0v) is 14.7. The topological polar surface area (TPSA) is 65.4 Å². The van der Waals surface area contributed by atoms with Crippen LogP contribution in [0.1, 0.15) is 29.8 Å². The molecule has 0 radical (unpaired) electrons. The third kappa shape index (κ3) is 3.33. The second-order valence-electron chi connectivity index (χ2n) is 5.88. The summed E-state index contributed by atoms with van der Waals surface area (Å²) in [6.07, 6.45) is 2.00. The van der Waals surface area contributed by atoms with Gasteiger partial charge in [0, 0.05) is 18.3 Å². The molecule has 1 amide bonds. The number of nitrogens with zero attached hydrogens (tertiary/aromatic N) is 2. The number of hydrogen-bond acceptors (Lipinski definition) is 4. The van der Waals surface area contributed by atoms with Gasteiger partial charge in [-0.15, -0.1) is 0 Å². The highest BCUT2D eigenvalue weighted by atomic mass is 35.5. The van der Waals surface area contributed by atoms with Crippen LogP contribution >= 0.6 is 11.6 Å². The lowest BCUT2D eigenvalue weighted by Gasteiger charge is -2.20. The third-order valence-electron chi connectivity index (χ3n) is 4.14. The largest absolute Gasteiger partial charge is 0.486 e. The average molecular weight is 350 g/mol. The van der Waals surface area contributed by atoms with E-state index in [0.29, 0.717) is 29.7 Å². The maximum atomic E-state index is 12.3. The van der Waals surface area contributed by atoms with Crippen LogP contribution in [0.15, 0.2) is 18.3 Å². The van der Waals surface area contributed by atoms with Crippen molar-refractivity contribution in [1.82, 2.24) is 15.1 Å². The highest BCUT2D eigenvalue weighted by Gasteiger charge is 2.19. The van der Waals surface area contributed by atoms with Crippen LogP contribution in [0, 0.1) is 6.92 Å². The van der Waals surface area contributed by atoms with Crippen molar-refractivity contribution in [2.24, 2.45) is 7.05 Å². The summed E-state index contributed by atoms with van der Waals surface area (Å²) in [5.74, 6) is 1.05. The smallest absolute Gasteiger partial charge is 0.224 e. The van der Waals surface area contributed by atoms with Crippen LogP contribution in [-0.4, -0.2) is 28.9 Å². The van der Waals surface area contributed by atoms with Gasteiger partial charge in [-0.3, -0.25) is 9.48 Å². The van der Waals surface area contributed by atoms with Crippen LogP contribution in [-0.2, 0) is 18.3 Å². The summed E-state index contributed by atoms with van der Waals surface area (Å²) in [6.45, 7) is 4.88. The fraction of sp³-hybridized carbons (Fsp3) is 0.412. The van der Waals surface area contributed by atoms with Crippen molar-refractivity contribution in [3.05, 3.63) is 40.2 Å². The third-order valence-corrected chi connectivity index (χ3v) is 4.42. The summed E-state index contributed by atoms with van der Waals surface area (Å²) < 4.78 is 12.8. The Balaban J connectivity index is 1.69. The molecule has 7 heteroatoms. The standard InChI is InChI=1S/C17H20ClN3O3/c1-10(13-9-19-21(3)11(13)2)20-16(22)8-12-6-14(18)17-15(7-12)23-4-5-24-17/h6-7,9-10H,4-5,8H2,1-3H3,(H,20,22). The van der Waals surface area contributed by atoms with Crippen LogP contribution in [0.5, 0.6) is 11.5 Å². The quantitative estimate of drug-likeness (QED) is 0.921. The van der Waals surface area contributed by atoms with Crippen LogP contribution in [0.25, 0.3) is 0 Å². The molecule has 2 heterocycles. The van der Waals surface area contributed by atoms with Crippen molar-refractivity contribution >= 4 is 17.5 Å². The van der Waals surface area contributed by atoms with E-state index in [9.17, 15) is 4.79 Å². The van der Waals surface area contributed by atoms with Crippen LogP contribution < -0.4 is 14.8 Å². The minimum absolute atomic E-state index is 0.0847. The van der Waals surface area contributed by atoms with E-state index in [-0.39, 0.29) is 18.4 Å². The lowest BCUT2D eigenvalue weighted by Crippen LogP contribution is -2.28. The van der Waals surface area contributed by atoms with Gasteiger partial charge in [-0.05, 0) is 31.5 Å². The molecule has 0 bridgehead atoms. The van der Waals surface area contributed by atoms with E-state index in [2.05, 4.69) is 10.4 Å². The molecule has 3 rings (SSSR count). The molecule has 0 saturated carbocycles. The van der Waals surface area contributed by atoms with Crippen molar-refractivity contribution < 1.29 is 14.3 Å². The molecule has 1 aliphatic rings. The number of carbonyl (C=O) groups is 1. The van der Waals surface area contributed by atoms with Crippen LogP contribution in [0.2, 0.25) is 5.02 Å². The fourth-order valence-electron chi connectivity index (χ4n) is 2.76. The summed E-state index contributed by atoms with van der Waals surface area (Å²) in [6, 6.07) is 3.44. The lowest BCUT2D eigenvalue weighted by molar-refractivity contribution is -0.121. The summed E-state index contributed by atoms with van der Waals surface area (Å²) in [5, 5.41) is 7.66. The second kappa shape index (κ2) is 6.73. The summed E-state index contributed by atoms with van der Waals surface area (Å²) in [5.41, 5.74) is 2.83. The van der Waals surface area contributed by atoms with E-state index < -0.39 is 0 Å². The van der Waals surface area contributed by atoms with E-state index in [0.717, 1.165) is 16.8 Å².